The molecule has 1 atom stereocenters. The summed E-state index contributed by atoms with van der Waals surface area (Å²) in [5.74, 6) is 0. The van der Waals surface area contributed by atoms with E-state index in [0.717, 1.165) is 0 Å². The van der Waals surface area contributed by atoms with E-state index in [0.29, 0.717) is 13.2 Å². The van der Waals surface area contributed by atoms with Crippen LogP contribution in [0.2, 0.25) is 0 Å². The van der Waals surface area contributed by atoms with Crippen LogP contribution in [-0.4, -0.2) is 32.5 Å². The van der Waals surface area contributed by atoms with Crippen molar-refractivity contribution >= 4 is 6.09 Å². The second-order valence-electron chi connectivity index (χ2n) is 1.86. The topological polar surface area (TPSA) is 47.6 Å². The maximum absolute atomic E-state index is 10.3. The SMILES string of the molecule is COC[C@H]1CNC(=O)O1. The molecule has 9 heavy (non-hydrogen) atoms. The van der Waals surface area contributed by atoms with E-state index >= 15 is 0 Å². The van der Waals surface area contributed by atoms with Crippen LogP contribution >= 0.6 is 0 Å². The molecular weight excluding hydrogens is 122 g/mol. The Morgan fingerprint density at radius 2 is 2.78 bits per heavy atom. The molecule has 0 saturated carbocycles. The smallest absolute Gasteiger partial charge is 0.407 e. The van der Waals surface area contributed by atoms with Gasteiger partial charge in [0.2, 0.25) is 0 Å². The lowest BCUT2D eigenvalue weighted by molar-refractivity contribution is 0.0717. The van der Waals surface area contributed by atoms with Crippen molar-refractivity contribution in [3.8, 4) is 0 Å². The average Bonchev–Trinajstić information content (AvgIpc) is 2.17. The molecule has 1 fully saturated rings. The third kappa shape index (κ3) is 1.57. The Labute approximate surface area is 53.1 Å². The fourth-order valence-corrected chi connectivity index (χ4v) is 0.711. The van der Waals surface area contributed by atoms with Gasteiger partial charge in [-0.15, -0.1) is 0 Å². The van der Waals surface area contributed by atoms with E-state index < -0.39 is 0 Å². The van der Waals surface area contributed by atoms with Crippen LogP contribution < -0.4 is 5.32 Å². The number of ether oxygens (including phenoxy) is 2. The van der Waals surface area contributed by atoms with Gasteiger partial charge >= 0.3 is 6.09 Å². The van der Waals surface area contributed by atoms with Crippen molar-refractivity contribution in [2.75, 3.05) is 20.3 Å². The van der Waals surface area contributed by atoms with Gasteiger partial charge < -0.3 is 14.8 Å². The Kier molecular flexibility index (Phi) is 1.89. The van der Waals surface area contributed by atoms with Crippen LogP contribution in [0.5, 0.6) is 0 Å². The van der Waals surface area contributed by atoms with Crippen LogP contribution in [0.15, 0.2) is 0 Å². The molecule has 0 aliphatic carbocycles. The first-order chi connectivity index (χ1) is 4.33. The summed E-state index contributed by atoms with van der Waals surface area (Å²) in [5.41, 5.74) is 0. The van der Waals surface area contributed by atoms with Gasteiger partial charge in [-0.1, -0.05) is 0 Å². The van der Waals surface area contributed by atoms with E-state index in [1.165, 1.54) is 0 Å². The Hall–Kier alpha value is -0.770. The molecule has 0 aromatic heterocycles. The zero-order valence-corrected chi connectivity index (χ0v) is 5.22. The van der Waals surface area contributed by atoms with Crippen LogP contribution in [-0.2, 0) is 9.47 Å². The van der Waals surface area contributed by atoms with Crippen LogP contribution in [0.3, 0.4) is 0 Å². The van der Waals surface area contributed by atoms with Crippen LogP contribution in [0.1, 0.15) is 0 Å². The van der Waals surface area contributed by atoms with Gasteiger partial charge in [0, 0.05) is 7.11 Å². The minimum Gasteiger partial charge on any atom is -0.442 e. The van der Waals surface area contributed by atoms with E-state index in [4.69, 9.17) is 9.47 Å². The predicted octanol–water partition coefficient (Wildman–Crippen LogP) is -0.259. The van der Waals surface area contributed by atoms with E-state index in [9.17, 15) is 4.79 Å². The largest absolute Gasteiger partial charge is 0.442 e. The molecule has 1 N–H and O–H groups in total. The molecular formula is C5H9NO3. The summed E-state index contributed by atoms with van der Waals surface area (Å²) >= 11 is 0. The van der Waals surface area contributed by atoms with Crippen molar-refractivity contribution in [3.63, 3.8) is 0 Å². The van der Waals surface area contributed by atoms with Gasteiger partial charge in [0.05, 0.1) is 13.2 Å². The molecule has 0 aromatic carbocycles. The number of carbonyl (C=O) groups excluding carboxylic acids is 1. The van der Waals surface area contributed by atoms with Crippen molar-refractivity contribution in [2.45, 2.75) is 6.10 Å². The zero-order valence-electron chi connectivity index (χ0n) is 5.22. The van der Waals surface area contributed by atoms with Gasteiger partial charge in [-0.05, 0) is 0 Å². The third-order valence-corrected chi connectivity index (χ3v) is 1.10. The Morgan fingerprint density at radius 1 is 2.00 bits per heavy atom. The van der Waals surface area contributed by atoms with E-state index in [1.54, 1.807) is 7.11 Å². The molecule has 0 spiro atoms. The normalized spacial score (nSPS) is 25.4. The number of alkyl carbamates (subject to hydrolysis) is 1. The van der Waals surface area contributed by atoms with Crippen molar-refractivity contribution in [1.29, 1.82) is 0 Å². The molecule has 1 rings (SSSR count). The highest BCUT2D eigenvalue weighted by molar-refractivity contribution is 5.69. The number of nitrogens with one attached hydrogen (secondary N) is 1. The lowest BCUT2D eigenvalue weighted by atomic mass is 10.4. The number of methoxy groups -OCH3 is 1. The summed E-state index contributed by atoms with van der Waals surface area (Å²) < 4.78 is 9.48. The molecule has 0 bridgehead atoms. The van der Waals surface area contributed by atoms with Gasteiger partial charge in [-0.2, -0.15) is 0 Å². The molecule has 0 aromatic rings. The first kappa shape index (κ1) is 6.35. The molecule has 1 aliphatic heterocycles. The minimum atomic E-state index is -0.350. The number of carbonyl (C=O) groups is 1. The van der Waals surface area contributed by atoms with Gasteiger partial charge in [0.25, 0.3) is 0 Å². The van der Waals surface area contributed by atoms with Crippen molar-refractivity contribution in [2.24, 2.45) is 0 Å². The molecule has 1 heterocycles. The maximum Gasteiger partial charge on any atom is 0.407 e. The molecule has 52 valence electrons. The summed E-state index contributed by atoms with van der Waals surface area (Å²) in [6.45, 7) is 1.03. The van der Waals surface area contributed by atoms with Crippen molar-refractivity contribution in [3.05, 3.63) is 0 Å². The molecule has 0 radical (unpaired) electrons. The summed E-state index contributed by atoms with van der Waals surface area (Å²) in [6.07, 6.45) is -0.445. The third-order valence-electron chi connectivity index (χ3n) is 1.10. The Balaban J connectivity index is 2.22. The second-order valence-corrected chi connectivity index (χ2v) is 1.86. The molecule has 1 saturated heterocycles. The molecule has 4 heteroatoms. The number of cyclic esters (lactones) is 1. The zero-order chi connectivity index (χ0) is 6.69. The molecule has 1 aliphatic rings. The van der Waals surface area contributed by atoms with Crippen LogP contribution in [0.4, 0.5) is 4.79 Å². The lowest BCUT2D eigenvalue weighted by Gasteiger charge is -2.03. The van der Waals surface area contributed by atoms with Crippen LogP contribution in [0.25, 0.3) is 0 Å². The predicted molar refractivity (Wildman–Crippen MR) is 30.1 cm³/mol. The van der Waals surface area contributed by atoms with E-state index in [1.807, 2.05) is 0 Å². The highest BCUT2D eigenvalue weighted by Gasteiger charge is 2.21. The van der Waals surface area contributed by atoms with E-state index in [2.05, 4.69) is 5.32 Å². The van der Waals surface area contributed by atoms with Crippen LogP contribution in [0, 0.1) is 0 Å². The number of rotatable bonds is 2. The quantitative estimate of drug-likeness (QED) is 0.561. The monoisotopic (exact) mass is 131 g/mol. The van der Waals surface area contributed by atoms with Gasteiger partial charge in [0.15, 0.2) is 0 Å². The average molecular weight is 131 g/mol. The number of hydrogen-bond acceptors (Lipinski definition) is 3. The summed E-state index contributed by atoms with van der Waals surface area (Å²) in [4.78, 5) is 10.3. The Bertz CT molecular complexity index is 115. The number of amides is 1. The van der Waals surface area contributed by atoms with E-state index in [-0.39, 0.29) is 12.2 Å². The summed E-state index contributed by atoms with van der Waals surface area (Å²) in [5, 5.41) is 2.51. The first-order valence-corrected chi connectivity index (χ1v) is 2.76. The minimum absolute atomic E-state index is 0.0949. The highest BCUT2D eigenvalue weighted by atomic mass is 16.6. The fraction of sp³-hybridized carbons (Fsp3) is 0.800. The molecule has 1 amide bonds. The highest BCUT2D eigenvalue weighted by Crippen LogP contribution is 1.98. The van der Waals surface area contributed by atoms with Crippen molar-refractivity contribution in [1.82, 2.24) is 5.32 Å². The fourth-order valence-electron chi connectivity index (χ4n) is 0.711. The molecule has 0 unspecified atom stereocenters. The first-order valence-electron chi connectivity index (χ1n) is 2.76. The molecule has 4 nitrogen and oxygen atoms in total. The van der Waals surface area contributed by atoms with Gasteiger partial charge in [0.1, 0.15) is 6.10 Å². The summed E-state index contributed by atoms with van der Waals surface area (Å²) in [7, 11) is 1.58. The summed E-state index contributed by atoms with van der Waals surface area (Å²) in [6, 6.07) is 0. The van der Waals surface area contributed by atoms with Gasteiger partial charge in [-0.3, -0.25) is 0 Å². The lowest BCUT2D eigenvalue weighted by Crippen LogP contribution is -2.19. The maximum atomic E-state index is 10.3. The Morgan fingerprint density at radius 3 is 3.22 bits per heavy atom. The number of hydrogen-bond donors (Lipinski definition) is 1. The van der Waals surface area contributed by atoms with Crippen molar-refractivity contribution < 1.29 is 14.3 Å². The van der Waals surface area contributed by atoms with Gasteiger partial charge in [-0.25, -0.2) is 4.79 Å². The standard InChI is InChI=1S/C5H9NO3/c1-8-3-4-2-6-5(7)9-4/h4H,2-3H2,1H3,(H,6,7)/t4-/m1/s1. The second kappa shape index (κ2) is 2.68.